The Morgan fingerprint density at radius 3 is 2.50 bits per heavy atom. The summed E-state index contributed by atoms with van der Waals surface area (Å²) in [5.74, 6) is 0. The van der Waals surface area contributed by atoms with Crippen molar-refractivity contribution < 1.29 is 0 Å². The topological polar surface area (TPSA) is 38.0 Å². The zero-order valence-electron chi connectivity index (χ0n) is 9.91. The van der Waals surface area contributed by atoms with Crippen LogP contribution in [-0.4, -0.2) is 4.99 Å². The van der Waals surface area contributed by atoms with E-state index in [0.717, 1.165) is 27.5 Å². The number of nitrogens with two attached hydrogens (primary N) is 1. The summed E-state index contributed by atoms with van der Waals surface area (Å²) in [4.78, 5) is 0.373. The number of benzene rings is 2. The second-order valence-electron chi connectivity index (χ2n) is 3.95. The first-order chi connectivity index (χ1) is 8.59. The molecular formula is C14H13ClN2S. The van der Waals surface area contributed by atoms with Gasteiger partial charge in [-0.15, -0.1) is 0 Å². The molecule has 18 heavy (non-hydrogen) atoms. The molecule has 0 saturated carbocycles. The molecule has 0 amide bonds. The Kier molecular flexibility index (Phi) is 3.84. The molecule has 0 saturated heterocycles. The lowest BCUT2D eigenvalue weighted by Gasteiger charge is -2.13. The second kappa shape index (κ2) is 5.38. The van der Waals surface area contributed by atoms with Crippen molar-refractivity contribution in [2.75, 3.05) is 5.32 Å². The summed E-state index contributed by atoms with van der Waals surface area (Å²) in [6.07, 6.45) is 0. The van der Waals surface area contributed by atoms with E-state index in [4.69, 9.17) is 29.6 Å². The van der Waals surface area contributed by atoms with Gasteiger partial charge in [0.1, 0.15) is 4.99 Å². The van der Waals surface area contributed by atoms with Gasteiger partial charge in [-0.2, -0.15) is 0 Å². The number of thiocarbonyl (C=S) groups is 1. The molecule has 0 aromatic heterocycles. The van der Waals surface area contributed by atoms with Crippen LogP contribution in [0.1, 0.15) is 11.1 Å². The van der Waals surface area contributed by atoms with Gasteiger partial charge in [0.2, 0.25) is 0 Å². The Labute approximate surface area is 117 Å². The Bertz CT molecular complexity index is 596. The van der Waals surface area contributed by atoms with Gasteiger partial charge in [-0.25, -0.2) is 0 Å². The van der Waals surface area contributed by atoms with Crippen LogP contribution in [0.2, 0.25) is 5.02 Å². The quantitative estimate of drug-likeness (QED) is 0.832. The minimum Gasteiger partial charge on any atom is -0.389 e. The maximum atomic E-state index is 6.09. The number of halogens is 1. The largest absolute Gasteiger partial charge is 0.389 e. The van der Waals surface area contributed by atoms with E-state index in [1.54, 1.807) is 0 Å². The van der Waals surface area contributed by atoms with E-state index in [9.17, 15) is 0 Å². The summed E-state index contributed by atoms with van der Waals surface area (Å²) in [7, 11) is 0. The number of nitrogens with one attached hydrogen (secondary N) is 1. The summed E-state index contributed by atoms with van der Waals surface area (Å²) >= 11 is 11.1. The van der Waals surface area contributed by atoms with Gasteiger partial charge < -0.3 is 11.1 Å². The van der Waals surface area contributed by atoms with Gasteiger partial charge in [-0.1, -0.05) is 42.0 Å². The van der Waals surface area contributed by atoms with Crippen molar-refractivity contribution in [3.8, 4) is 0 Å². The van der Waals surface area contributed by atoms with Gasteiger partial charge in [0.25, 0.3) is 0 Å². The first kappa shape index (κ1) is 12.9. The normalized spacial score (nSPS) is 10.1. The van der Waals surface area contributed by atoms with Crippen LogP contribution in [0.3, 0.4) is 0 Å². The van der Waals surface area contributed by atoms with Gasteiger partial charge in [0, 0.05) is 22.0 Å². The second-order valence-corrected chi connectivity index (χ2v) is 4.79. The third-order valence-corrected chi connectivity index (χ3v) is 3.36. The molecule has 2 aromatic carbocycles. The molecule has 0 heterocycles. The highest BCUT2D eigenvalue weighted by atomic mass is 35.5. The van der Waals surface area contributed by atoms with Gasteiger partial charge in [0.05, 0.1) is 0 Å². The Balaban J connectivity index is 2.40. The molecule has 4 heteroatoms. The van der Waals surface area contributed by atoms with Crippen molar-refractivity contribution in [1.29, 1.82) is 0 Å². The molecule has 0 aliphatic rings. The molecule has 0 spiro atoms. The van der Waals surface area contributed by atoms with Crippen molar-refractivity contribution in [3.63, 3.8) is 0 Å². The molecule has 0 fully saturated rings. The minimum atomic E-state index is 0.373. The lowest BCUT2D eigenvalue weighted by Crippen LogP contribution is -2.11. The van der Waals surface area contributed by atoms with E-state index >= 15 is 0 Å². The van der Waals surface area contributed by atoms with E-state index in [2.05, 4.69) is 5.32 Å². The summed E-state index contributed by atoms with van der Waals surface area (Å²) in [5.41, 5.74) is 9.36. The summed E-state index contributed by atoms with van der Waals surface area (Å²) < 4.78 is 0. The smallest absolute Gasteiger partial charge is 0.106 e. The molecule has 0 radical (unpaired) electrons. The van der Waals surface area contributed by atoms with Crippen LogP contribution >= 0.6 is 23.8 Å². The van der Waals surface area contributed by atoms with E-state index in [1.165, 1.54) is 0 Å². The van der Waals surface area contributed by atoms with Crippen LogP contribution in [-0.2, 0) is 0 Å². The fourth-order valence-electron chi connectivity index (χ4n) is 1.69. The van der Waals surface area contributed by atoms with Crippen molar-refractivity contribution in [3.05, 3.63) is 58.6 Å². The molecule has 0 bridgehead atoms. The van der Waals surface area contributed by atoms with Crippen molar-refractivity contribution in [2.24, 2.45) is 5.73 Å². The first-order valence-corrected chi connectivity index (χ1v) is 6.29. The van der Waals surface area contributed by atoms with E-state index < -0.39 is 0 Å². The zero-order chi connectivity index (χ0) is 13.1. The van der Waals surface area contributed by atoms with Crippen molar-refractivity contribution in [2.45, 2.75) is 6.92 Å². The summed E-state index contributed by atoms with van der Waals surface area (Å²) in [6.45, 7) is 1.97. The monoisotopic (exact) mass is 276 g/mol. The number of rotatable bonds is 3. The van der Waals surface area contributed by atoms with E-state index in [0.29, 0.717) is 4.99 Å². The average molecular weight is 277 g/mol. The molecule has 0 unspecified atom stereocenters. The third kappa shape index (κ3) is 2.63. The summed E-state index contributed by atoms with van der Waals surface area (Å²) in [5, 5.41) is 4.04. The molecular weight excluding hydrogens is 264 g/mol. The molecule has 2 nitrogen and oxygen atoms in total. The molecule has 92 valence electrons. The predicted molar refractivity (Wildman–Crippen MR) is 81.8 cm³/mol. The summed E-state index contributed by atoms with van der Waals surface area (Å²) in [6, 6.07) is 13.4. The van der Waals surface area contributed by atoms with Crippen LogP contribution < -0.4 is 11.1 Å². The minimum absolute atomic E-state index is 0.373. The Hall–Kier alpha value is -1.58. The van der Waals surface area contributed by atoms with Crippen LogP contribution in [0.25, 0.3) is 0 Å². The predicted octanol–water partition coefficient (Wildman–Crippen LogP) is 4.03. The van der Waals surface area contributed by atoms with E-state index in [-0.39, 0.29) is 0 Å². The van der Waals surface area contributed by atoms with Crippen LogP contribution in [0.5, 0.6) is 0 Å². The maximum absolute atomic E-state index is 6.09. The average Bonchev–Trinajstić information content (AvgIpc) is 2.35. The maximum Gasteiger partial charge on any atom is 0.106 e. The molecule has 0 aliphatic heterocycles. The van der Waals surface area contributed by atoms with Gasteiger partial charge in [-0.05, 0) is 36.8 Å². The van der Waals surface area contributed by atoms with Gasteiger partial charge in [0.15, 0.2) is 0 Å². The van der Waals surface area contributed by atoms with Crippen LogP contribution in [0.15, 0.2) is 42.5 Å². The lowest BCUT2D eigenvalue weighted by molar-refractivity contribution is 1.42. The lowest BCUT2D eigenvalue weighted by atomic mass is 10.1. The molecule has 2 aromatic rings. The molecule has 0 atom stereocenters. The fourth-order valence-corrected chi connectivity index (χ4v) is 2.05. The molecule has 2 rings (SSSR count). The zero-order valence-corrected chi connectivity index (χ0v) is 11.5. The number of hydrogen-bond donors (Lipinski definition) is 2. The van der Waals surface area contributed by atoms with Crippen molar-refractivity contribution >= 4 is 40.2 Å². The fraction of sp³-hybridized carbons (Fsp3) is 0.0714. The highest BCUT2D eigenvalue weighted by Crippen LogP contribution is 2.27. The van der Waals surface area contributed by atoms with Gasteiger partial charge >= 0.3 is 0 Å². The Morgan fingerprint density at radius 1 is 1.11 bits per heavy atom. The molecule has 3 N–H and O–H groups in total. The van der Waals surface area contributed by atoms with Crippen LogP contribution in [0.4, 0.5) is 11.4 Å². The Morgan fingerprint density at radius 2 is 1.78 bits per heavy atom. The standard InChI is InChI=1S/C14H13ClN2S/c1-9-11(15)6-4-8-12(9)17-13-7-3-2-5-10(13)14(16)18/h2-8,17H,1H3,(H2,16,18). The van der Waals surface area contributed by atoms with Crippen molar-refractivity contribution in [1.82, 2.24) is 0 Å². The number of para-hydroxylation sites is 1. The highest BCUT2D eigenvalue weighted by molar-refractivity contribution is 7.80. The molecule has 0 aliphatic carbocycles. The number of hydrogen-bond acceptors (Lipinski definition) is 2. The van der Waals surface area contributed by atoms with Gasteiger partial charge in [-0.3, -0.25) is 0 Å². The third-order valence-electron chi connectivity index (χ3n) is 2.73. The highest BCUT2D eigenvalue weighted by Gasteiger charge is 2.07. The number of anilines is 2. The first-order valence-electron chi connectivity index (χ1n) is 5.50. The van der Waals surface area contributed by atoms with E-state index in [1.807, 2.05) is 49.4 Å². The SMILES string of the molecule is Cc1c(Cl)cccc1Nc1ccccc1C(N)=S. The van der Waals surface area contributed by atoms with Crippen LogP contribution in [0, 0.1) is 6.92 Å².